The Morgan fingerprint density at radius 1 is 1.61 bits per heavy atom. The Kier molecular flexibility index (Phi) is 2.60. The molecule has 1 N–H and O–H groups in total. The van der Waals surface area contributed by atoms with E-state index in [1.807, 2.05) is 6.92 Å². The number of hydrogen-bond acceptors (Lipinski definition) is 4. The van der Waals surface area contributed by atoms with Gasteiger partial charge in [-0.3, -0.25) is 9.69 Å². The van der Waals surface area contributed by atoms with Crippen LogP contribution in [-0.2, 0) is 11.3 Å². The van der Waals surface area contributed by atoms with Gasteiger partial charge in [0.05, 0.1) is 6.54 Å². The van der Waals surface area contributed by atoms with Gasteiger partial charge in [-0.1, -0.05) is 11.6 Å². The Bertz CT molecular complexity index is 528. The lowest BCUT2D eigenvalue weighted by atomic mass is 9.96. The van der Waals surface area contributed by atoms with Crippen molar-refractivity contribution in [2.45, 2.75) is 31.8 Å². The number of imide groups is 1. The molecule has 1 aromatic heterocycles. The highest BCUT2D eigenvalue weighted by Gasteiger charge is 2.55. The fourth-order valence-corrected chi connectivity index (χ4v) is 3.28. The number of nitrogens with zero attached hydrogens (tertiary/aromatic N) is 2. The van der Waals surface area contributed by atoms with Crippen LogP contribution in [0.1, 0.15) is 24.6 Å². The molecule has 0 bridgehead atoms. The molecule has 0 radical (unpaired) electrons. The van der Waals surface area contributed by atoms with Crippen molar-refractivity contribution in [3.8, 4) is 0 Å². The molecule has 7 heteroatoms. The fourth-order valence-electron chi connectivity index (χ4n) is 2.31. The van der Waals surface area contributed by atoms with Crippen LogP contribution in [0.2, 0.25) is 4.47 Å². The minimum absolute atomic E-state index is 0.139. The van der Waals surface area contributed by atoms with Crippen LogP contribution in [0, 0.1) is 5.92 Å². The maximum absolute atomic E-state index is 12.3. The van der Waals surface area contributed by atoms with Crippen LogP contribution in [0.3, 0.4) is 0 Å². The molecule has 5 nitrogen and oxygen atoms in total. The molecule has 1 atom stereocenters. The minimum Gasteiger partial charge on any atom is -0.323 e. The van der Waals surface area contributed by atoms with E-state index >= 15 is 0 Å². The van der Waals surface area contributed by atoms with Crippen LogP contribution in [-0.4, -0.2) is 27.4 Å². The van der Waals surface area contributed by atoms with Gasteiger partial charge in [0.25, 0.3) is 5.91 Å². The van der Waals surface area contributed by atoms with Crippen molar-refractivity contribution in [2.75, 3.05) is 0 Å². The Labute approximate surface area is 113 Å². The molecule has 3 amide bonds. The molecule has 1 aliphatic heterocycles. The van der Waals surface area contributed by atoms with E-state index in [-0.39, 0.29) is 24.4 Å². The number of nitrogens with one attached hydrogen (secondary N) is 1. The zero-order valence-corrected chi connectivity index (χ0v) is 11.3. The minimum atomic E-state index is -0.717. The second kappa shape index (κ2) is 3.93. The third-order valence-corrected chi connectivity index (χ3v) is 4.63. The van der Waals surface area contributed by atoms with Gasteiger partial charge in [-0.05, 0) is 25.7 Å². The fraction of sp³-hybridized carbons (Fsp3) is 0.545. The largest absolute Gasteiger partial charge is 0.325 e. The molecule has 0 aromatic carbocycles. The van der Waals surface area contributed by atoms with Gasteiger partial charge in [0.2, 0.25) is 0 Å². The first kappa shape index (κ1) is 11.9. The molecule has 2 fully saturated rings. The van der Waals surface area contributed by atoms with Gasteiger partial charge in [0.15, 0.2) is 4.47 Å². The Balaban J connectivity index is 1.80. The average molecular weight is 286 g/mol. The predicted molar refractivity (Wildman–Crippen MR) is 67.3 cm³/mol. The monoisotopic (exact) mass is 285 g/mol. The van der Waals surface area contributed by atoms with Crippen molar-refractivity contribution < 1.29 is 9.59 Å². The molecule has 1 aliphatic carbocycles. The summed E-state index contributed by atoms with van der Waals surface area (Å²) in [5, 5.41) is 2.81. The Morgan fingerprint density at radius 2 is 2.33 bits per heavy atom. The number of carbonyl (C=O) groups is 2. The highest BCUT2D eigenvalue weighted by Crippen LogP contribution is 2.42. The van der Waals surface area contributed by atoms with E-state index in [0.29, 0.717) is 4.47 Å². The van der Waals surface area contributed by atoms with E-state index in [4.69, 9.17) is 11.6 Å². The van der Waals surface area contributed by atoms with Gasteiger partial charge in [-0.2, -0.15) is 0 Å². The summed E-state index contributed by atoms with van der Waals surface area (Å²) in [4.78, 5) is 30.2. The van der Waals surface area contributed by atoms with E-state index in [1.165, 1.54) is 16.2 Å². The number of carbonyl (C=O) groups excluding carboxylic acids is 2. The van der Waals surface area contributed by atoms with Crippen LogP contribution in [0.5, 0.6) is 0 Å². The van der Waals surface area contributed by atoms with E-state index in [1.54, 1.807) is 6.20 Å². The summed E-state index contributed by atoms with van der Waals surface area (Å²) in [7, 11) is 0. The zero-order chi connectivity index (χ0) is 12.9. The Hall–Kier alpha value is -1.14. The predicted octanol–water partition coefficient (Wildman–Crippen LogP) is 2.02. The van der Waals surface area contributed by atoms with Crippen LogP contribution in [0.4, 0.5) is 4.79 Å². The lowest BCUT2D eigenvalue weighted by molar-refractivity contribution is -0.131. The summed E-state index contributed by atoms with van der Waals surface area (Å²) in [5.41, 5.74) is -0.717. The van der Waals surface area contributed by atoms with Gasteiger partial charge in [0.1, 0.15) is 5.54 Å². The maximum atomic E-state index is 12.3. The summed E-state index contributed by atoms with van der Waals surface area (Å²) in [6.07, 6.45) is 3.60. The summed E-state index contributed by atoms with van der Waals surface area (Å²) in [6, 6.07) is -0.320. The maximum Gasteiger partial charge on any atom is 0.325 e. The molecular weight excluding hydrogens is 274 g/mol. The smallest absolute Gasteiger partial charge is 0.323 e. The van der Waals surface area contributed by atoms with Gasteiger partial charge >= 0.3 is 6.03 Å². The molecular formula is C11H12ClN3O2S. The van der Waals surface area contributed by atoms with Crippen molar-refractivity contribution in [1.29, 1.82) is 0 Å². The van der Waals surface area contributed by atoms with Crippen molar-refractivity contribution in [2.24, 2.45) is 5.92 Å². The molecule has 18 heavy (non-hydrogen) atoms. The summed E-state index contributed by atoms with van der Waals surface area (Å²) in [6.45, 7) is 2.06. The number of thiazole rings is 1. The number of amides is 3. The molecule has 1 aromatic rings. The van der Waals surface area contributed by atoms with Gasteiger partial charge in [-0.15, -0.1) is 11.3 Å². The second-order valence-electron chi connectivity index (χ2n) is 4.88. The Morgan fingerprint density at radius 3 is 2.89 bits per heavy atom. The van der Waals surface area contributed by atoms with Gasteiger partial charge in [-0.25, -0.2) is 9.78 Å². The van der Waals surface area contributed by atoms with Gasteiger partial charge in [0, 0.05) is 11.1 Å². The summed E-state index contributed by atoms with van der Waals surface area (Å²) < 4.78 is 0.419. The molecule has 2 heterocycles. The number of hydrogen-bond donors (Lipinski definition) is 1. The SMILES string of the molecule is CC1(C2CC2)NC(=O)N(Cc2cnc(Cl)s2)C1=O. The van der Waals surface area contributed by atoms with E-state index < -0.39 is 5.54 Å². The first-order chi connectivity index (χ1) is 8.50. The van der Waals surface area contributed by atoms with E-state index in [9.17, 15) is 9.59 Å². The summed E-state index contributed by atoms with van der Waals surface area (Å²) >= 11 is 7.02. The number of urea groups is 1. The standard InChI is InChI=1S/C11H12ClN3O2S/c1-11(6-2-3-6)8(16)15(10(17)14-11)5-7-4-13-9(12)18-7/h4,6H,2-3,5H2,1H3,(H,14,17). The van der Waals surface area contributed by atoms with E-state index in [2.05, 4.69) is 10.3 Å². The average Bonchev–Trinajstić information content (AvgIpc) is 3.06. The summed E-state index contributed by atoms with van der Waals surface area (Å²) in [5.74, 6) is 0.142. The highest BCUT2D eigenvalue weighted by molar-refractivity contribution is 7.15. The lowest BCUT2D eigenvalue weighted by Gasteiger charge is -2.20. The molecule has 96 valence electrons. The quantitative estimate of drug-likeness (QED) is 0.864. The van der Waals surface area contributed by atoms with Crippen LogP contribution >= 0.6 is 22.9 Å². The second-order valence-corrected chi connectivity index (χ2v) is 6.57. The normalized spacial score (nSPS) is 27.8. The van der Waals surface area contributed by atoms with Crippen molar-refractivity contribution in [1.82, 2.24) is 15.2 Å². The molecule has 1 unspecified atom stereocenters. The topological polar surface area (TPSA) is 62.3 Å². The highest BCUT2D eigenvalue weighted by atomic mass is 35.5. The third kappa shape index (κ3) is 1.80. The van der Waals surface area contributed by atoms with Crippen LogP contribution < -0.4 is 5.32 Å². The number of aromatic nitrogens is 1. The molecule has 3 rings (SSSR count). The first-order valence-electron chi connectivity index (χ1n) is 5.75. The van der Waals surface area contributed by atoms with E-state index in [0.717, 1.165) is 17.7 Å². The zero-order valence-electron chi connectivity index (χ0n) is 9.77. The lowest BCUT2D eigenvalue weighted by Crippen LogP contribution is -2.46. The molecule has 1 saturated carbocycles. The van der Waals surface area contributed by atoms with Crippen molar-refractivity contribution in [3.05, 3.63) is 15.5 Å². The van der Waals surface area contributed by atoms with Gasteiger partial charge < -0.3 is 5.32 Å². The first-order valence-corrected chi connectivity index (χ1v) is 6.94. The third-order valence-electron chi connectivity index (χ3n) is 3.53. The number of halogens is 1. The molecule has 0 spiro atoms. The van der Waals surface area contributed by atoms with Crippen molar-refractivity contribution in [3.63, 3.8) is 0 Å². The number of rotatable bonds is 3. The van der Waals surface area contributed by atoms with Crippen molar-refractivity contribution >= 4 is 34.9 Å². The molecule has 2 aliphatic rings. The van der Waals surface area contributed by atoms with Crippen LogP contribution in [0.25, 0.3) is 0 Å². The molecule has 1 saturated heterocycles. The van der Waals surface area contributed by atoms with Crippen LogP contribution in [0.15, 0.2) is 6.20 Å².